The minimum absolute atomic E-state index is 0.00949. The molecule has 34 heavy (non-hydrogen) atoms. The first-order valence-corrected chi connectivity index (χ1v) is 10.7. The number of benzene rings is 3. The number of hydrogen-bond acceptors (Lipinski definition) is 6. The van der Waals surface area contributed by atoms with Crippen LogP contribution in [0, 0.1) is 14.9 Å². The third-order valence-corrected chi connectivity index (χ3v) is 5.36. The van der Waals surface area contributed by atoms with Gasteiger partial charge in [-0.3, -0.25) is 10.1 Å². The van der Waals surface area contributed by atoms with Crippen molar-refractivity contribution in [2.45, 2.75) is 0 Å². The van der Waals surface area contributed by atoms with Crippen molar-refractivity contribution in [3.8, 4) is 28.5 Å². The number of hydrogen-bond donors (Lipinski definition) is 1. The summed E-state index contributed by atoms with van der Waals surface area (Å²) in [5, 5.41) is 27.3. The van der Waals surface area contributed by atoms with Crippen molar-refractivity contribution in [3.63, 3.8) is 0 Å². The summed E-state index contributed by atoms with van der Waals surface area (Å²) in [7, 11) is 0. The average molecular weight is 468 g/mol. The second-order valence-electron chi connectivity index (χ2n) is 7.29. The first kappa shape index (κ1) is 21.2. The van der Waals surface area contributed by atoms with E-state index >= 15 is 0 Å². The molecule has 2 aromatic heterocycles. The molecule has 0 unspecified atom stereocenters. The molecule has 166 valence electrons. The van der Waals surface area contributed by atoms with Gasteiger partial charge in [0.05, 0.1) is 22.5 Å². The smallest absolute Gasteiger partial charge is 0.258 e. The van der Waals surface area contributed by atoms with Crippen LogP contribution in [-0.4, -0.2) is 35.8 Å². The van der Waals surface area contributed by atoms with E-state index in [1.165, 1.54) is 16.8 Å². The van der Waals surface area contributed by atoms with Crippen molar-refractivity contribution >= 4 is 24.1 Å². The molecule has 10 heteroatoms. The molecule has 5 rings (SSSR count). The van der Waals surface area contributed by atoms with Crippen LogP contribution in [-0.2, 0) is 0 Å². The van der Waals surface area contributed by atoms with Crippen LogP contribution in [0.2, 0.25) is 0 Å². The highest BCUT2D eigenvalue weighted by atomic mass is 32.1. The van der Waals surface area contributed by atoms with Crippen LogP contribution < -0.4 is 0 Å². The number of rotatable bonds is 6. The Hall–Kier alpha value is -4.70. The van der Waals surface area contributed by atoms with Crippen molar-refractivity contribution in [2.75, 3.05) is 0 Å². The van der Waals surface area contributed by atoms with Crippen LogP contribution in [0.1, 0.15) is 5.56 Å². The molecule has 3 aromatic carbocycles. The monoisotopic (exact) mass is 467 g/mol. The fraction of sp³-hybridized carbons (Fsp3) is 0. The number of aromatic nitrogens is 5. The van der Waals surface area contributed by atoms with Crippen LogP contribution in [0.4, 0.5) is 5.69 Å². The lowest BCUT2D eigenvalue weighted by molar-refractivity contribution is -0.384. The molecule has 2 heterocycles. The lowest BCUT2D eigenvalue weighted by Crippen LogP contribution is -2.07. The molecule has 0 aliphatic rings. The summed E-state index contributed by atoms with van der Waals surface area (Å²) in [4.78, 5) is 10.4. The van der Waals surface area contributed by atoms with E-state index in [4.69, 9.17) is 17.3 Å². The minimum atomic E-state index is -0.446. The van der Waals surface area contributed by atoms with E-state index in [1.807, 2.05) is 66.7 Å². The Morgan fingerprint density at radius 1 is 0.941 bits per heavy atom. The van der Waals surface area contributed by atoms with Gasteiger partial charge in [-0.2, -0.15) is 19.6 Å². The highest BCUT2D eigenvalue weighted by Crippen LogP contribution is 2.28. The summed E-state index contributed by atoms with van der Waals surface area (Å²) < 4.78 is 3.44. The molecule has 0 atom stereocenters. The molecule has 0 bridgehead atoms. The van der Waals surface area contributed by atoms with Gasteiger partial charge in [0.25, 0.3) is 11.6 Å². The summed E-state index contributed by atoms with van der Waals surface area (Å²) in [5.74, 6) is 0.379. The number of non-ortho nitro benzene ring substituents is 1. The van der Waals surface area contributed by atoms with E-state index in [9.17, 15) is 10.1 Å². The first-order chi connectivity index (χ1) is 16.6. The maximum Gasteiger partial charge on any atom is 0.272 e. The summed E-state index contributed by atoms with van der Waals surface area (Å²) in [6.45, 7) is 0. The van der Waals surface area contributed by atoms with Gasteiger partial charge in [0, 0.05) is 23.3 Å². The zero-order chi connectivity index (χ0) is 23.5. The molecule has 5 aromatic rings. The summed E-state index contributed by atoms with van der Waals surface area (Å²) in [6, 6.07) is 27.8. The van der Waals surface area contributed by atoms with E-state index in [2.05, 4.69) is 15.3 Å². The van der Waals surface area contributed by atoms with Gasteiger partial charge in [0.15, 0.2) is 0 Å². The van der Waals surface area contributed by atoms with E-state index in [0.717, 1.165) is 22.5 Å². The van der Waals surface area contributed by atoms with Crippen LogP contribution >= 0.6 is 12.2 Å². The fourth-order valence-corrected chi connectivity index (χ4v) is 3.60. The van der Waals surface area contributed by atoms with E-state index < -0.39 is 4.92 Å². The Morgan fingerprint density at radius 2 is 1.59 bits per heavy atom. The van der Waals surface area contributed by atoms with Gasteiger partial charge in [-0.15, -0.1) is 5.10 Å². The van der Waals surface area contributed by atoms with Gasteiger partial charge >= 0.3 is 0 Å². The second-order valence-corrected chi connectivity index (χ2v) is 7.68. The van der Waals surface area contributed by atoms with E-state index in [-0.39, 0.29) is 10.5 Å². The number of H-pyrrole nitrogens is 1. The molecular formula is C24H17N7O2S. The maximum atomic E-state index is 10.9. The zero-order valence-corrected chi connectivity index (χ0v) is 18.5. The average Bonchev–Trinajstić information content (AvgIpc) is 3.47. The normalized spacial score (nSPS) is 11.2. The van der Waals surface area contributed by atoms with Crippen molar-refractivity contribution < 1.29 is 4.92 Å². The molecule has 0 aliphatic carbocycles. The molecule has 0 radical (unpaired) electrons. The van der Waals surface area contributed by atoms with Gasteiger partial charge in [0.1, 0.15) is 0 Å². The Labute approximate surface area is 198 Å². The van der Waals surface area contributed by atoms with Gasteiger partial charge < -0.3 is 0 Å². The largest absolute Gasteiger partial charge is 0.272 e. The lowest BCUT2D eigenvalue weighted by Gasteiger charge is -2.06. The zero-order valence-electron chi connectivity index (χ0n) is 17.6. The molecule has 0 aliphatic heterocycles. The molecular weight excluding hydrogens is 450 g/mol. The molecule has 0 amide bonds. The fourth-order valence-electron chi connectivity index (χ4n) is 3.43. The molecule has 0 saturated carbocycles. The summed E-state index contributed by atoms with van der Waals surface area (Å²) >= 11 is 5.40. The van der Waals surface area contributed by atoms with Crippen molar-refractivity contribution in [3.05, 3.63) is 111 Å². The van der Waals surface area contributed by atoms with Crippen molar-refractivity contribution in [2.24, 2.45) is 5.10 Å². The number of aromatic amines is 1. The van der Waals surface area contributed by atoms with E-state index in [1.54, 1.807) is 23.0 Å². The van der Waals surface area contributed by atoms with Crippen LogP contribution in [0.5, 0.6) is 0 Å². The van der Waals surface area contributed by atoms with Gasteiger partial charge in [0.2, 0.25) is 4.77 Å². The van der Waals surface area contributed by atoms with Gasteiger partial charge in [-0.05, 0) is 36.0 Å². The van der Waals surface area contributed by atoms with Gasteiger partial charge in [-0.25, -0.2) is 5.10 Å². The Bertz CT molecular complexity index is 1540. The molecule has 0 fully saturated rings. The topological polar surface area (TPSA) is 107 Å². The SMILES string of the molecule is O=[N+]([O-])c1ccc(/C=N\n2c(-n3nc(-c4ccccc4)cc3-c3ccccc3)n[nH]c2=S)cc1. The highest BCUT2D eigenvalue weighted by molar-refractivity contribution is 7.71. The summed E-state index contributed by atoms with van der Waals surface area (Å²) in [5.41, 5.74) is 4.20. The lowest BCUT2D eigenvalue weighted by atomic mass is 10.1. The number of nitrogens with one attached hydrogen (secondary N) is 1. The third kappa shape index (κ3) is 4.17. The van der Waals surface area contributed by atoms with Crippen LogP contribution in [0.25, 0.3) is 28.5 Å². The molecule has 0 saturated heterocycles. The highest BCUT2D eigenvalue weighted by Gasteiger charge is 2.17. The number of nitro benzene ring substituents is 1. The Morgan fingerprint density at radius 3 is 2.24 bits per heavy atom. The minimum Gasteiger partial charge on any atom is -0.258 e. The third-order valence-electron chi connectivity index (χ3n) is 5.10. The molecule has 0 spiro atoms. The van der Waals surface area contributed by atoms with Crippen molar-refractivity contribution in [1.82, 2.24) is 24.7 Å². The molecule has 1 N–H and O–H groups in total. The summed E-state index contributed by atoms with van der Waals surface area (Å²) in [6.07, 6.45) is 1.56. The van der Waals surface area contributed by atoms with Crippen LogP contribution in [0.15, 0.2) is 96.1 Å². The van der Waals surface area contributed by atoms with Gasteiger partial charge in [-0.1, -0.05) is 60.7 Å². The van der Waals surface area contributed by atoms with Crippen LogP contribution in [0.3, 0.4) is 0 Å². The first-order valence-electron chi connectivity index (χ1n) is 10.3. The predicted molar refractivity (Wildman–Crippen MR) is 131 cm³/mol. The standard InChI is InChI=1S/C24H17N7O2S/c32-31(33)20-13-11-17(12-14-20)16-25-30-23(26-27-24(30)34)29-22(19-9-5-2-6-10-19)15-21(28-29)18-7-3-1-4-8-18/h1-16H,(H,27,34)/b25-16-. The predicted octanol–water partition coefficient (Wildman–Crippen LogP) is 5.25. The Balaban J connectivity index is 1.60. The number of nitro groups is 1. The second kappa shape index (κ2) is 9.04. The molecule has 9 nitrogen and oxygen atoms in total. The van der Waals surface area contributed by atoms with E-state index in [0.29, 0.717) is 11.5 Å². The quantitative estimate of drug-likeness (QED) is 0.159. The van der Waals surface area contributed by atoms with Crippen molar-refractivity contribution in [1.29, 1.82) is 0 Å². The maximum absolute atomic E-state index is 10.9. The Kier molecular flexibility index (Phi) is 5.63. The number of nitrogens with zero attached hydrogens (tertiary/aromatic N) is 6.